The molecular formula is C12H22O2. The van der Waals surface area contributed by atoms with Crippen molar-refractivity contribution in [3.05, 3.63) is 0 Å². The van der Waals surface area contributed by atoms with Crippen LogP contribution in [0.2, 0.25) is 0 Å². The van der Waals surface area contributed by atoms with E-state index >= 15 is 0 Å². The maximum Gasteiger partial charge on any atom is 0.309 e. The standard InChI is InChI=1S/C12H22O2/c1-9-7-5-6-8-10(9)11(13)14-12(2,3)4/h9-10H,5-8H2,1-4H3. The van der Waals surface area contributed by atoms with Crippen LogP contribution in [0.5, 0.6) is 0 Å². The summed E-state index contributed by atoms with van der Waals surface area (Å²) in [6.07, 6.45) is 4.62. The SMILES string of the molecule is CC1CCCCC1C(=O)OC(C)(C)C. The minimum atomic E-state index is -0.339. The van der Waals surface area contributed by atoms with Gasteiger partial charge in [-0.1, -0.05) is 19.8 Å². The van der Waals surface area contributed by atoms with Crippen LogP contribution in [0.4, 0.5) is 0 Å². The third-order valence-electron chi connectivity index (χ3n) is 2.82. The highest BCUT2D eigenvalue weighted by Gasteiger charge is 2.31. The first-order valence-electron chi connectivity index (χ1n) is 5.63. The van der Waals surface area contributed by atoms with Gasteiger partial charge in [-0.15, -0.1) is 0 Å². The van der Waals surface area contributed by atoms with Gasteiger partial charge in [0.2, 0.25) is 0 Å². The fraction of sp³-hybridized carbons (Fsp3) is 0.917. The second-order valence-electron chi connectivity index (χ2n) is 5.40. The Labute approximate surface area is 87.0 Å². The smallest absolute Gasteiger partial charge is 0.309 e. The van der Waals surface area contributed by atoms with Crippen molar-refractivity contribution in [3.63, 3.8) is 0 Å². The van der Waals surface area contributed by atoms with Crippen molar-refractivity contribution >= 4 is 5.97 Å². The molecule has 2 atom stereocenters. The van der Waals surface area contributed by atoms with Crippen LogP contribution in [0, 0.1) is 11.8 Å². The Morgan fingerprint density at radius 3 is 2.29 bits per heavy atom. The number of carbonyl (C=O) groups excluding carboxylic acids is 1. The first kappa shape index (κ1) is 11.5. The molecule has 0 aromatic heterocycles. The van der Waals surface area contributed by atoms with Gasteiger partial charge in [-0.3, -0.25) is 4.79 Å². The molecule has 1 aliphatic carbocycles. The highest BCUT2D eigenvalue weighted by Crippen LogP contribution is 2.31. The van der Waals surface area contributed by atoms with Gasteiger partial charge in [0, 0.05) is 0 Å². The van der Waals surface area contributed by atoms with E-state index in [2.05, 4.69) is 6.92 Å². The summed E-state index contributed by atoms with van der Waals surface area (Å²) < 4.78 is 5.41. The maximum atomic E-state index is 11.8. The van der Waals surface area contributed by atoms with Crippen LogP contribution in [0.1, 0.15) is 53.4 Å². The Kier molecular flexibility index (Phi) is 3.57. The number of esters is 1. The van der Waals surface area contributed by atoms with Crippen LogP contribution >= 0.6 is 0 Å². The van der Waals surface area contributed by atoms with Crippen LogP contribution in [0.3, 0.4) is 0 Å². The Bertz CT molecular complexity index is 203. The molecule has 0 heterocycles. The molecule has 0 amide bonds. The first-order chi connectivity index (χ1) is 6.40. The summed E-state index contributed by atoms with van der Waals surface area (Å²) in [6, 6.07) is 0. The number of hydrogen-bond acceptors (Lipinski definition) is 2. The van der Waals surface area contributed by atoms with E-state index in [0.29, 0.717) is 5.92 Å². The molecule has 1 fully saturated rings. The van der Waals surface area contributed by atoms with Gasteiger partial charge in [-0.25, -0.2) is 0 Å². The third-order valence-corrected chi connectivity index (χ3v) is 2.82. The molecule has 0 saturated heterocycles. The third kappa shape index (κ3) is 3.32. The van der Waals surface area contributed by atoms with Gasteiger partial charge in [0.05, 0.1) is 5.92 Å². The number of rotatable bonds is 1. The predicted molar refractivity (Wildman–Crippen MR) is 57.0 cm³/mol. The van der Waals surface area contributed by atoms with Gasteiger partial charge >= 0.3 is 5.97 Å². The predicted octanol–water partition coefficient (Wildman–Crippen LogP) is 3.15. The van der Waals surface area contributed by atoms with Crippen molar-refractivity contribution in [2.75, 3.05) is 0 Å². The lowest BCUT2D eigenvalue weighted by molar-refractivity contribution is -0.163. The van der Waals surface area contributed by atoms with E-state index in [4.69, 9.17) is 4.74 Å². The van der Waals surface area contributed by atoms with Gasteiger partial charge in [-0.05, 0) is 39.5 Å². The molecule has 1 saturated carbocycles. The first-order valence-corrected chi connectivity index (χ1v) is 5.63. The molecule has 82 valence electrons. The van der Waals surface area contributed by atoms with Gasteiger partial charge in [0.1, 0.15) is 5.60 Å². The molecule has 1 rings (SSSR count). The average molecular weight is 198 g/mol. The van der Waals surface area contributed by atoms with Crippen molar-refractivity contribution in [2.45, 2.75) is 59.0 Å². The molecule has 0 aromatic carbocycles. The maximum absolute atomic E-state index is 11.8. The summed E-state index contributed by atoms with van der Waals surface area (Å²) in [4.78, 5) is 11.8. The fourth-order valence-electron chi connectivity index (χ4n) is 2.04. The zero-order valence-corrected chi connectivity index (χ0v) is 9.80. The monoisotopic (exact) mass is 198 g/mol. The van der Waals surface area contributed by atoms with E-state index in [9.17, 15) is 4.79 Å². The highest BCUT2D eigenvalue weighted by atomic mass is 16.6. The fourth-order valence-corrected chi connectivity index (χ4v) is 2.04. The molecule has 2 heteroatoms. The van der Waals surface area contributed by atoms with Crippen molar-refractivity contribution in [3.8, 4) is 0 Å². The largest absolute Gasteiger partial charge is 0.460 e. The van der Waals surface area contributed by atoms with E-state index in [1.165, 1.54) is 19.3 Å². The second kappa shape index (κ2) is 4.33. The number of ether oxygens (including phenoxy) is 1. The molecule has 0 spiro atoms. The van der Waals surface area contributed by atoms with Crippen molar-refractivity contribution in [1.82, 2.24) is 0 Å². The number of hydrogen-bond donors (Lipinski definition) is 0. The van der Waals surface area contributed by atoms with Crippen LogP contribution in [-0.4, -0.2) is 11.6 Å². The molecule has 2 unspecified atom stereocenters. The van der Waals surface area contributed by atoms with Crippen molar-refractivity contribution < 1.29 is 9.53 Å². The van der Waals surface area contributed by atoms with Crippen LogP contribution in [0.15, 0.2) is 0 Å². The molecule has 2 nitrogen and oxygen atoms in total. The Morgan fingerprint density at radius 1 is 1.21 bits per heavy atom. The van der Waals surface area contributed by atoms with Gasteiger partial charge in [0.25, 0.3) is 0 Å². The number of carbonyl (C=O) groups is 1. The zero-order chi connectivity index (χ0) is 10.8. The second-order valence-corrected chi connectivity index (χ2v) is 5.40. The summed E-state index contributed by atoms with van der Waals surface area (Å²) in [5, 5.41) is 0. The van der Waals surface area contributed by atoms with E-state index in [1.807, 2.05) is 20.8 Å². The molecular weight excluding hydrogens is 176 g/mol. The molecule has 0 radical (unpaired) electrons. The van der Waals surface area contributed by atoms with Gasteiger partial charge in [-0.2, -0.15) is 0 Å². The summed E-state index contributed by atoms with van der Waals surface area (Å²) in [5.74, 6) is 0.645. The molecule has 14 heavy (non-hydrogen) atoms. The Morgan fingerprint density at radius 2 is 1.79 bits per heavy atom. The molecule has 0 aromatic rings. The van der Waals surface area contributed by atoms with Crippen LogP contribution in [0.25, 0.3) is 0 Å². The molecule has 1 aliphatic rings. The topological polar surface area (TPSA) is 26.3 Å². The quantitative estimate of drug-likeness (QED) is 0.605. The Balaban J connectivity index is 2.50. The van der Waals surface area contributed by atoms with E-state index < -0.39 is 0 Å². The summed E-state index contributed by atoms with van der Waals surface area (Å²) in [6.45, 7) is 7.95. The van der Waals surface area contributed by atoms with E-state index in [1.54, 1.807) is 0 Å². The minimum absolute atomic E-state index is 0.00435. The summed E-state index contributed by atoms with van der Waals surface area (Å²) in [7, 11) is 0. The van der Waals surface area contributed by atoms with E-state index in [-0.39, 0.29) is 17.5 Å². The summed E-state index contributed by atoms with van der Waals surface area (Å²) in [5.41, 5.74) is -0.339. The van der Waals surface area contributed by atoms with Gasteiger partial charge < -0.3 is 4.74 Å². The lowest BCUT2D eigenvalue weighted by Gasteiger charge is -2.30. The van der Waals surface area contributed by atoms with Gasteiger partial charge in [0.15, 0.2) is 0 Å². The van der Waals surface area contributed by atoms with Crippen LogP contribution in [-0.2, 0) is 9.53 Å². The van der Waals surface area contributed by atoms with Crippen molar-refractivity contribution in [1.29, 1.82) is 0 Å². The van der Waals surface area contributed by atoms with Crippen molar-refractivity contribution in [2.24, 2.45) is 11.8 Å². The Hall–Kier alpha value is -0.530. The molecule has 0 bridgehead atoms. The lowest BCUT2D eigenvalue weighted by atomic mass is 9.80. The summed E-state index contributed by atoms with van der Waals surface area (Å²) >= 11 is 0. The normalized spacial score (nSPS) is 28.6. The highest BCUT2D eigenvalue weighted by molar-refractivity contribution is 5.73. The molecule has 0 aliphatic heterocycles. The zero-order valence-electron chi connectivity index (χ0n) is 9.80. The average Bonchev–Trinajstić information content (AvgIpc) is 2.01. The van der Waals surface area contributed by atoms with E-state index in [0.717, 1.165) is 6.42 Å². The molecule has 0 N–H and O–H groups in total. The van der Waals surface area contributed by atoms with Crippen LogP contribution < -0.4 is 0 Å². The lowest BCUT2D eigenvalue weighted by Crippen LogP contribution is -2.33. The minimum Gasteiger partial charge on any atom is -0.460 e.